The summed E-state index contributed by atoms with van der Waals surface area (Å²) < 4.78 is 5.55. The lowest BCUT2D eigenvalue weighted by molar-refractivity contribution is -0.105. The smallest absolute Gasteiger partial charge is 0.211 e. The number of hydrogen-bond donors (Lipinski definition) is 1. The molecule has 0 saturated heterocycles. The molecule has 0 atom stereocenters. The van der Waals surface area contributed by atoms with Crippen molar-refractivity contribution in [2.75, 3.05) is 11.9 Å². The molecular formula is C13H17NO2. The van der Waals surface area contributed by atoms with Crippen molar-refractivity contribution in [1.29, 1.82) is 0 Å². The minimum Gasteiger partial charge on any atom is -0.489 e. The van der Waals surface area contributed by atoms with Gasteiger partial charge in [0.2, 0.25) is 6.41 Å². The fourth-order valence-corrected chi connectivity index (χ4v) is 1.62. The van der Waals surface area contributed by atoms with Crippen LogP contribution in [0.15, 0.2) is 18.7 Å². The molecule has 0 spiro atoms. The van der Waals surface area contributed by atoms with Gasteiger partial charge in [-0.25, -0.2) is 0 Å². The largest absolute Gasteiger partial charge is 0.489 e. The molecule has 0 heterocycles. The van der Waals surface area contributed by atoms with E-state index in [0.717, 1.165) is 28.1 Å². The number of rotatable bonds is 5. The van der Waals surface area contributed by atoms with Crippen LogP contribution in [-0.4, -0.2) is 13.0 Å². The maximum Gasteiger partial charge on any atom is 0.211 e. The van der Waals surface area contributed by atoms with E-state index in [1.165, 1.54) is 0 Å². The Kier molecular flexibility index (Phi) is 4.11. The number of carbonyl (C=O) groups excluding carboxylic acids is 1. The fraction of sp³-hybridized carbons (Fsp3) is 0.308. The molecule has 16 heavy (non-hydrogen) atoms. The Labute approximate surface area is 96.1 Å². The van der Waals surface area contributed by atoms with Crippen LogP contribution in [0.3, 0.4) is 0 Å². The van der Waals surface area contributed by atoms with Crippen molar-refractivity contribution in [2.45, 2.75) is 20.8 Å². The predicted octanol–water partition coefficient (Wildman–Crippen LogP) is 2.74. The van der Waals surface area contributed by atoms with E-state index in [-0.39, 0.29) is 0 Å². The van der Waals surface area contributed by atoms with Crippen LogP contribution in [0.5, 0.6) is 5.75 Å². The highest BCUT2D eigenvalue weighted by Gasteiger charge is 2.10. The molecule has 1 amide bonds. The van der Waals surface area contributed by atoms with Crippen LogP contribution in [-0.2, 0) is 4.79 Å². The number of carbonyl (C=O) groups is 1. The average molecular weight is 219 g/mol. The van der Waals surface area contributed by atoms with Crippen LogP contribution < -0.4 is 10.1 Å². The van der Waals surface area contributed by atoms with Gasteiger partial charge in [-0.05, 0) is 43.5 Å². The van der Waals surface area contributed by atoms with E-state index in [0.29, 0.717) is 13.0 Å². The Hall–Kier alpha value is -1.77. The number of anilines is 1. The van der Waals surface area contributed by atoms with Crippen molar-refractivity contribution < 1.29 is 9.53 Å². The third kappa shape index (κ3) is 2.42. The SMILES string of the molecule is C=CCOc1cc(C)c(NC=O)c(C)c1C. The summed E-state index contributed by atoms with van der Waals surface area (Å²) in [6.45, 7) is 9.99. The highest BCUT2D eigenvalue weighted by molar-refractivity contribution is 5.77. The van der Waals surface area contributed by atoms with E-state index >= 15 is 0 Å². The predicted molar refractivity (Wildman–Crippen MR) is 66.0 cm³/mol. The van der Waals surface area contributed by atoms with E-state index in [4.69, 9.17) is 4.74 Å². The minimum absolute atomic E-state index is 0.486. The maximum atomic E-state index is 10.5. The van der Waals surface area contributed by atoms with Gasteiger partial charge >= 0.3 is 0 Å². The Balaban J connectivity index is 3.15. The lowest BCUT2D eigenvalue weighted by atomic mass is 10.0. The molecule has 0 radical (unpaired) electrons. The van der Waals surface area contributed by atoms with E-state index in [2.05, 4.69) is 11.9 Å². The zero-order valence-corrected chi connectivity index (χ0v) is 9.96. The molecule has 0 aliphatic carbocycles. The summed E-state index contributed by atoms with van der Waals surface area (Å²) in [5.41, 5.74) is 3.93. The van der Waals surface area contributed by atoms with E-state index < -0.39 is 0 Å². The number of hydrogen-bond acceptors (Lipinski definition) is 2. The van der Waals surface area contributed by atoms with E-state index in [1.807, 2.05) is 26.8 Å². The Morgan fingerprint density at radius 3 is 2.62 bits per heavy atom. The van der Waals surface area contributed by atoms with Gasteiger partial charge in [-0.1, -0.05) is 12.7 Å². The molecule has 0 aliphatic heterocycles. The van der Waals surface area contributed by atoms with Crippen LogP contribution in [0.1, 0.15) is 16.7 Å². The van der Waals surface area contributed by atoms with Crippen molar-refractivity contribution in [1.82, 2.24) is 0 Å². The normalized spacial score (nSPS) is 9.69. The van der Waals surface area contributed by atoms with Crippen LogP contribution in [0.25, 0.3) is 0 Å². The molecule has 3 nitrogen and oxygen atoms in total. The van der Waals surface area contributed by atoms with Crippen molar-refractivity contribution in [3.05, 3.63) is 35.4 Å². The van der Waals surface area contributed by atoms with Gasteiger partial charge in [0.25, 0.3) is 0 Å². The summed E-state index contributed by atoms with van der Waals surface area (Å²) in [5.74, 6) is 0.839. The second-order valence-electron chi connectivity index (χ2n) is 3.68. The second-order valence-corrected chi connectivity index (χ2v) is 3.68. The van der Waals surface area contributed by atoms with E-state index in [9.17, 15) is 4.79 Å². The fourth-order valence-electron chi connectivity index (χ4n) is 1.62. The van der Waals surface area contributed by atoms with Crippen LogP contribution in [0.4, 0.5) is 5.69 Å². The molecule has 1 aromatic carbocycles. The molecule has 0 aliphatic rings. The molecular weight excluding hydrogens is 202 g/mol. The lowest BCUT2D eigenvalue weighted by Crippen LogP contribution is -2.03. The standard InChI is InChI=1S/C13H17NO2/c1-5-6-16-12-7-9(2)13(14-8-15)11(4)10(12)3/h5,7-8H,1,6H2,2-4H3,(H,14,15). The summed E-state index contributed by atoms with van der Waals surface area (Å²) in [5, 5.41) is 2.71. The van der Waals surface area contributed by atoms with Gasteiger partial charge in [0.05, 0.1) is 0 Å². The topological polar surface area (TPSA) is 38.3 Å². The maximum absolute atomic E-state index is 10.5. The van der Waals surface area contributed by atoms with Gasteiger partial charge in [0.15, 0.2) is 0 Å². The van der Waals surface area contributed by atoms with Gasteiger partial charge in [-0.15, -0.1) is 0 Å². The zero-order chi connectivity index (χ0) is 12.1. The molecule has 3 heteroatoms. The third-order valence-electron chi connectivity index (χ3n) is 2.61. The average Bonchev–Trinajstić information content (AvgIpc) is 2.27. The van der Waals surface area contributed by atoms with Crippen molar-refractivity contribution in [3.63, 3.8) is 0 Å². The van der Waals surface area contributed by atoms with Crippen LogP contribution in [0, 0.1) is 20.8 Å². The first-order valence-corrected chi connectivity index (χ1v) is 5.16. The number of benzene rings is 1. The molecule has 0 unspecified atom stereocenters. The molecule has 1 aromatic rings. The quantitative estimate of drug-likeness (QED) is 0.611. The number of amides is 1. The minimum atomic E-state index is 0.486. The number of ether oxygens (including phenoxy) is 1. The molecule has 1 rings (SSSR count). The van der Waals surface area contributed by atoms with Crippen LogP contribution >= 0.6 is 0 Å². The van der Waals surface area contributed by atoms with Crippen molar-refractivity contribution >= 4 is 12.1 Å². The van der Waals surface area contributed by atoms with Gasteiger partial charge in [-0.2, -0.15) is 0 Å². The molecule has 0 fully saturated rings. The van der Waals surface area contributed by atoms with Gasteiger partial charge in [0.1, 0.15) is 12.4 Å². The third-order valence-corrected chi connectivity index (χ3v) is 2.61. The van der Waals surface area contributed by atoms with Crippen molar-refractivity contribution in [3.8, 4) is 5.75 Å². The summed E-state index contributed by atoms with van der Waals surface area (Å²) in [6.07, 6.45) is 2.40. The van der Waals surface area contributed by atoms with Crippen molar-refractivity contribution in [2.24, 2.45) is 0 Å². The summed E-state index contributed by atoms with van der Waals surface area (Å²) in [4.78, 5) is 10.5. The molecule has 0 bridgehead atoms. The first-order chi connectivity index (χ1) is 7.61. The lowest BCUT2D eigenvalue weighted by Gasteiger charge is -2.15. The second kappa shape index (κ2) is 5.35. The van der Waals surface area contributed by atoms with Crippen LogP contribution in [0.2, 0.25) is 0 Å². The monoisotopic (exact) mass is 219 g/mol. The Morgan fingerprint density at radius 2 is 2.06 bits per heavy atom. The highest BCUT2D eigenvalue weighted by Crippen LogP contribution is 2.30. The summed E-state index contributed by atoms with van der Waals surface area (Å²) >= 11 is 0. The highest BCUT2D eigenvalue weighted by atomic mass is 16.5. The number of aryl methyl sites for hydroxylation is 1. The van der Waals surface area contributed by atoms with Gasteiger partial charge in [0, 0.05) is 5.69 Å². The molecule has 0 aromatic heterocycles. The first-order valence-electron chi connectivity index (χ1n) is 5.16. The van der Waals surface area contributed by atoms with Gasteiger partial charge < -0.3 is 10.1 Å². The molecule has 0 saturated carbocycles. The van der Waals surface area contributed by atoms with E-state index in [1.54, 1.807) is 6.08 Å². The molecule has 86 valence electrons. The zero-order valence-electron chi connectivity index (χ0n) is 9.96. The first kappa shape index (κ1) is 12.3. The molecule has 1 N–H and O–H groups in total. The summed E-state index contributed by atoms with van der Waals surface area (Å²) in [7, 11) is 0. The Bertz CT molecular complexity index is 411. The summed E-state index contributed by atoms with van der Waals surface area (Å²) in [6, 6.07) is 1.93. The number of nitrogens with one attached hydrogen (secondary N) is 1. The Morgan fingerprint density at radius 1 is 1.38 bits per heavy atom. The van der Waals surface area contributed by atoms with Gasteiger partial charge in [-0.3, -0.25) is 4.79 Å².